The van der Waals surface area contributed by atoms with E-state index in [1.807, 2.05) is 0 Å². The number of hydrogen-bond donors (Lipinski definition) is 0. The molecule has 0 aliphatic carbocycles. The third kappa shape index (κ3) is 8.51. The lowest BCUT2D eigenvalue weighted by molar-refractivity contribution is 1.71. The molecule has 0 N–H and O–H groups in total. The van der Waals surface area contributed by atoms with Crippen LogP contribution in [0, 0.1) is 0 Å². The van der Waals surface area contributed by atoms with E-state index < -0.39 is 0 Å². The van der Waals surface area contributed by atoms with Gasteiger partial charge in [0.15, 0.2) is 0 Å². The van der Waals surface area contributed by atoms with E-state index in [9.17, 15) is 0 Å². The van der Waals surface area contributed by atoms with Crippen LogP contribution in [-0.4, -0.2) is 0 Å². The molecule has 0 aromatic heterocycles. The Kier molecular flexibility index (Phi) is 11.2. The minimum Gasteiger partial charge on any atom is -0.0622 e. The second-order valence-corrected chi connectivity index (χ2v) is 12.5. The molecule has 8 aromatic carbocycles. The predicted octanol–water partition coefficient (Wildman–Crippen LogP) is 14.6. The van der Waals surface area contributed by atoms with E-state index in [-0.39, 0.29) is 0 Å². The molecule has 0 amide bonds. The summed E-state index contributed by atoms with van der Waals surface area (Å²) in [7, 11) is 0. The Balaban J connectivity index is 0.000000162. The summed E-state index contributed by atoms with van der Waals surface area (Å²) in [4.78, 5) is 0. The molecule has 0 saturated heterocycles. The number of fused-ring (bicyclic) bond motifs is 4. The summed E-state index contributed by atoms with van der Waals surface area (Å²) in [6, 6.07) is 59.5. The van der Waals surface area contributed by atoms with Crippen LogP contribution in [0.2, 0.25) is 0 Å². The lowest BCUT2D eigenvalue weighted by atomic mass is 10.0. The van der Waals surface area contributed by atoms with Gasteiger partial charge in [0, 0.05) is 0 Å². The van der Waals surface area contributed by atoms with E-state index in [1.165, 1.54) is 65.3 Å². The Morgan fingerprint density at radius 3 is 0.654 bits per heavy atom. The van der Waals surface area contributed by atoms with Crippen LogP contribution in [0.4, 0.5) is 0 Å². The molecule has 0 fully saturated rings. The topological polar surface area (TPSA) is 0 Å². The minimum atomic E-state index is 1.24. The van der Waals surface area contributed by atoms with E-state index in [0.717, 1.165) is 0 Å². The van der Waals surface area contributed by atoms with Gasteiger partial charge in [0.25, 0.3) is 0 Å². The first kappa shape index (κ1) is 33.7. The van der Waals surface area contributed by atoms with Crippen LogP contribution < -0.4 is 0 Å². The maximum absolute atomic E-state index is 2.17. The van der Waals surface area contributed by atoms with E-state index in [0.29, 0.717) is 0 Å². The molecule has 0 saturated carbocycles. The van der Waals surface area contributed by atoms with Crippen molar-refractivity contribution in [3.63, 3.8) is 0 Å². The number of rotatable bonds is 8. The van der Waals surface area contributed by atoms with Crippen molar-refractivity contribution >= 4 is 67.4 Å². The molecule has 8 rings (SSSR count). The lowest BCUT2D eigenvalue weighted by Gasteiger charge is -2.01. The maximum atomic E-state index is 2.17. The summed E-state index contributed by atoms with van der Waals surface area (Å²) in [6.45, 7) is 0. The van der Waals surface area contributed by atoms with Crippen molar-refractivity contribution in [2.75, 3.05) is 0 Å². The maximum Gasteiger partial charge on any atom is -0.0111 e. The van der Waals surface area contributed by atoms with Gasteiger partial charge in [0.1, 0.15) is 0 Å². The second-order valence-electron chi connectivity index (χ2n) is 12.5. The highest BCUT2D eigenvalue weighted by Gasteiger charge is 1.98. The molecule has 0 spiro atoms. The van der Waals surface area contributed by atoms with Gasteiger partial charge >= 0.3 is 0 Å². The summed E-state index contributed by atoms with van der Waals surface area (Å²) in [5.41, 5.74) is 4.97. The summed E-state index contributed by atoms with van der Waals surface area (Å²) in [5.74, 6) is 0. The molecule has 0 heterocycles. The zero-order valence-corrected chi connectivity index (χ0v) is 29.1. The Morgan fingerprint density at radius 1 is 0.192 bits per heavy atom. The summed E-state index contributed by atoms with van der Waals surface area (Å²) >= 11 is 0. The minimum absolute atomic E-state index is 1.24. The standard InChI is InChI=1S/2C26H20/c2*1(3-11-21-15-9-17-23-13-5-7-19-25(21)23)2-4-12-22-16-10-18-24-14-6-8-20-26(22)24/h2*1-20H/b2*2-1+,11-3+,12-4+. The molecule has 0 radical (unpaired) electrons. The van der Waals surface area contributed by atoms with Gasteiger partial charge in [-0.25, -0.2) is 0 Å². The molecule has 0 unspecified atom stereocenters. The fraction of sp³-hybridized carbons (Fsp3) is 0. The number of hydrogen-bond acceptors (Lipinski definition) is 0. The quantitative estimate of drug-likeness (QED) is 0.142. The predicted molar refractivity (Wildman–Crippen MR) is 230 cm³/mol. The van der Waals surface area contributed by atoms with Crippen LogP contribution in [0.15, 0.2) is 218 Å². The zero-order valence-electron chi connectivity index (χ0n) is 29.1. The molecule has 0 nitrogen and oxygen atoms in total. The third-order valence-corrected chi connectivity index (χ3v) is 9.06. The molecule has 0 aliphatic rings. The van der Waals surface area contributed by atoms with Crippen molar-refractivity contribution < 1.29 is 0 Å². The average molecular weight is 665 g/mol. The first-order valence-corrected chi connectivity index (χ1v) is 17.8. The highest BCUT2D eigenvalue weighted by molar-refractivity contribution is 5.93. The number of benzene rings is 8. The van der Waals surface area contributed by atoms with E-state index >= 15 is 0 Å². The number of allylic oxidation sites excluding steroid dienone is 8. The van der Waals surface area contributed by atoms with Crippen molar-refractivity contribution in [2.24, 2.45) is 0 Å². The van der Waals surface area contributed by atoms with Crippen molar-refractivity contribution in [3.8, 4) is 0 Å². The molecule has 248 valence electrons. The van der Waals surface area contributed by atoms with Gasteiger partial charge in [-0.15, -0.1) is 0 Å². The van der Waals surface area contributed by atoms with Crippen LogP contribution in [-0.2, 0) is 0 Å². The lowest BCUT2D eigenvalue weighted by Crippen LogP contribution is -1.77. The van der Waals surface area contributed by atoms with Gasteiger partial charge in [0.2, 0.25) is 0 Å². The smallest absolute Gasteiger partial charge is 0.0111 e. The Morgan fingerprint density at radius 2 is 0.404 bits per heavy atom. The third-order valence-electron chi connectivity index (χ3n) is 9.06. The van der Waals surface area contributed by atoms with Crippen LogP contribution in [0.1, 0.15) is 22.3 Å². The second kappa shape index (κ2) is 17.3. The van der Waals surface area contributed by atoms with E-state index in [2.05, 4.69) is 243 Å². The first-order valence-electron chi connectivity index (χ1n) is 17.8. The summed E-state index contributed by atoms with van der Waals surface area (Å²) in [5, 5.41) is 10.2. The zero-order chi connectivity index (χ0) is 35.2. The molecule has 52 heavy (non-hydrogen) atoms. The molecule has 0 heteroatoms. The van der Waals surface area contributed by atoms with Crippen LogP contribution >= 0.6 is 0 Å². The van der Waals surface area contributed by atoms with Crippen molar-refractivity contribution in [1.29, 1.82) is 0 Å². The molecule has 0 aliphatic heterocycles. The SMILES string of the molecule is C(=C\C=C\c1cccc2ccccc12)/C=C/c1cccc2ccccc12.C(=C\C=C\c1cccc2ccccc12)/C=C/c1cccc2ccccc12. The first-order chi connectivity index (χ1) is 25.8. The molecule has 0 bridgehead atoms. The summed E-state index contributed by atoms with van der Waals surface area (Å²) in [6.07, 6.45) is 25.3. The monoisotopic (exact) mass is 664 g/mol. The van der Waals surface area contributed by atoms with Crippen molar-refractivity contribution in [3.05, 3.63) is 241 Å². The average Bonchev–Trinajstić information content (AvgIpc) is 3.21. The Bertz CT molecular complexity index is 2230. The van der Waals surface area contributed by atoms with Gasteiger partial charge in [-0.3, -0.25) is 0 Å². The summed E-state index contributed by atoms with van der Waals surface area (Å²) < 4.78 is 0. The highest BCUT2D eigenvalue weighted by Crippen LogP contribution is 2.23. The highest BCUT2D eigenvalue weighted by atomic mass is 14.0. The van der Waals surface area contributed by atoms with E-state index in [4.69, 9.17) is 0 Å². The molecule has 8 aromatic rings. The largest absolute Gasteiger partial charge is 0.0622 e. The van der Waals surface area contributed by atoms with E-state index in [1.54, 1.807) is 0 Å². The van der Waals surface area contributed by atoms with Gasteiger partial charge in [-0.2, -0.15) is 0 Å². The van der Waals surface area contributed by atoms with Crippen LogP contribution in [0.25, 0.3) is 67.4 Å². The van der Waals surface area contributed by atoms with Crippen molar-refractivity contribution in [2.45, 2.75) is 0 Å². The van der Waals surface area contributed by atoms with Crippen molar-refractivity contribution in [1.82, 2.24) is 0 Å². The normalized spacial score (nSPS) is 12.2. The van der Waals surface area contributed by atoms with Crippen LogP contribution in [0.5, 0.6) is 0 Å². The molecular formula is C52H40. The molecule has 0 atom stereocenters. The Hall–Kier alpha value is -6.76. The van der Waals surface area contributed by atoms with Gasteiger partial charge in [0.05, 0.1) is 0 Å². The molecular weight excluding hydrogens is 625 g/mol. The van der Waals surface area contributed by atoms with Gasteiger partial charge in [-0.1, -0.05) is 243 Å². The van der Waals surface area contributed by atoms with Crippen LogP contribution in [0.3, 0.4) is 0 Å². The van der Waals surface area contributed by atoms with Gasteiger partial charge < -0.3 is 0 Å². The Labute approximate surface area is 307 Å². The fourth-order valence-corrected chi connectivity index (χ4v) is 6.48. The van der Waals surface area contributed by atoms with Gasteiger partial charge in [-0.05, 0) is 65.3 Å². The fourth-order valence-electron chi connectivity index (χ4n) is 6.48.